The van der Waals surface area contributed by atoms with Crippen LogP contribution in [0.5, 0.6) is 5.75 Å². The van der Waals surface area contributed by atoms with Gasteiger partial charge in [-0.25, -0.2) is 0 Å². The van der Waals surface area contributed by atoms with E-state index in [-0.39, 0.29) is 0 Å². The zero-order valence-electron chi connectivity index (χ0n) is 13.4. The fourth-order valence-corrected chi connectivity index (χ4v) is 2.78. The number of ether oxygens (including phenoxy) is 1. The van der Waals surface area contributed by atoms with Gasteiger partial charge in [0, 0.05) is 29.4 Å². The highest BCUT2D eigenvalue weighted by atomic mass is 16.5. The van der Waals surface area contributed by atoms with Gasteiger partial charge >= 0.3 is 0 Å². The molecule has 1 aromatic carbocycles. The number of aliphatic hydroxyl groups excluding tert-OH is 1. The van der Waals surface area contributed by atoms with Gasteiger partial charge in [-0.2, -0.15) is 0 Å². The maximum atomic E-state index is 10.5. The highest BCUT2D eigenvalue weighted by molar-refractivity contribution is 5.41. The average Bonchev–Trinajstić information content (AvgIpc) is 2.41. The van der Waals surface area contributed by atoms with E-state index in [1.54, 1.807) is 13.3 Å². The Morgan fingerprint density at radius 1 is 1.10 bits per heavy atom. The molecule has 0 aliphatic rings. The summed E-state index contributed by atoms with van der Waals surface area (Å²) in [5.74, 6) is 0.854. The van der Waals surface area contributed by atoms with Crippen molar-refractivity contribution in [3.8, 4) is 5.75 Å². The van der Waals surface area contributed by atoms with Gasteiger partial charge in [-0.1, -0.05) is 29.3 Å². The molecule has 0 bridgehead atoms. The molecule has 2 aromatic rings. The van der Waals surface area contributed by atoms with E-state index < -0.39 is 6.10 Å². The van der Waals surface area contributed by atoms with Crippen molar-refractivity contribution in [2.45, 2.75) is 40.2 Å². The summed E-state index contributed by atoms with van der Waals surface area (Å²) >= 11 is 0. The van der Waals surface area contributed by atoms with Crippen molar-refractivity contribution < 1.29 is 9.84 Å². The van der Waals surface area contributed by atoms with E-state index in [0.717, 1.165) is 39.3 Å². The molecule has 0 aliphatic heterocycles. The predicted octanol–water partition coefficient (Wildman–Crippen LogP) is 3.60. The van der Waals surface area contributed by atoms with Gasteiger partial charge in [0.15, 0.2) is 0 Å². The molecular formula is C18H23NO2. The van der Waals surface area contributed by atoms with Crippen LogP contribution in [0.15, 0.2) is 24.4 Å². The zero-order valence-corrected chi connectivity index (χ0v) is 13.4. The van der Waals surface area contributed by atoms with Gasteiger partial charge in [-0.05, 0) is 33.3 Å². The van der Waals surface area contributed by atoms with E-state index in [0.29, 0.717) is 6.42 Å². The van der Waals surface area contributed by atoms with Crippen molar-refractivity contribution in [3.63, 3.8) is 0 Å². The van der Waals surface area contributed by atoms with Crippen LogP contribution in [0.1, 0.15) is 39.6 Å². The second kappa shape index (κ2) is 6.27. The summed E-state index contributed by atoms with van der Waals surface area (Å²) in [6, 6.07) is 6.16. The first-order valence-electron chi connectivity index (χ1n) is 7.17. The standard InChI is InChI=1S/C18H23NO2/c1-11-6-12(2)8-15(7-11)17(20)9-16-14(4)18(21-5)13(3)10-19-16/h6-8,10,17,20H,9H2,1-5H3. The van der Waals surface area contributed by atoms with E-state index in [1.807, 2.05) is 39.8 Å². The normalized spacial score (nSPS) is 12.3. The Morgan fingerprint density at radius 3 is 2.29 bits per heavy atom. The van der Waals surface area contributed by atoms with E-state index >= 15 is 0 Å². The molecule has 0 saturated carbocycles. The van der Waals surface area contributed by atoms with Gasteiger partial charge in [0.25, 0.3) is 0 Å². The van der Waals surface area contributed by atoms with Crippen LogP contribution in [0.3, 0.4) is 0 Å². The third kappa shape index (κ3) is 3.42. The minimum absolute atomic E-state index is 0.491. The van der Waals surface area contributed by atoms with Crippen molar-refractivity contribution in [1.82, 2.24) is 4.98 Å². The molecular weight excluding hydrogens is 262 g/mol. The molecule has 1 N–H and O–H groups in total. The van der Waals surface area contributed by atoms with Gasteiger partial charge in [-0.15, -0.1) is 0 Å². The number of aryl methyl sites for hydroxylation is 3. The van der Waals surface area contributed by atoms with Crippen LogP contribution in [-0.2, 0) is 6.42 Å². The highest BCUT2D eigenvalue weighted by Gasteiger charge is 2.15. The Bertz CT molecular complexity index is 630. The molecule has 1 aromatic heterocycles. The summed E-state index contributed by atoms with van der Waals surface area (Å²) in [7, 11) is 1.67. The monoisotopic (exact) mass is 285 g/mol. The van der Waals surface area contributed by atoms with Crippen molar-refractivity contribution >= 4 is 0 Å². The van der Waals surface area contributed by atoms with Crippen LogP contribution in [0.2, 0.25) is 0 Å². The van der Waals surface area contributed by atoms with Crippen molar-refractivity contribution in [1.29, 1.82) is 0 Å². The molecule has 3 heteroatoms. The van der Waals surface area contributed by atoms with E-state index in [9.17, 15) is 5.11 Å². The van der Waals surface area contributed by atoms with Crippen LogP contribution in [0.25, 0.3) is 0 Å². The van der Waals surface area contributed by atoms with E-state index in [2.05, 4.69) is 11.1 Å². The molecule has 0 radical (unpaired) electrons. The lowest BCUT2D eigenvalue weighted by Gasteiger charge is -2.16. The van der Waals surface area contributed by atoms with Crippen molar-refractivity contribution in [2.24, 2.45) is 0 Å². The molecule has 0 amide bonds. The summed E-state index contributed by atoms with van der Waals surface area (Å²) in [5.41, 5.74) is 6.16. The summed E-state index contributed by atoms with van der Waals surface area (Å²) in [5, 5.41) is 10.5. The van der Waals surface area contributed by atoms with Crippen LogP contribution < -0.4 is 4.74 Å². The third-order valence-electron chi connectivity index (χ3n) is 3.77. The van der Waals surface area contributed by atoms with Crippen LogP contribution >= 0.6 is 0 Å². The molecule has 21 heavy (non-hydrogen) atoms. The maximum absolute atomic E-state index is 10.5. The smallest absolute Gasteiger partial charge is 0.128 e. The number of benzene rings is 1. The Morgan fingerprint density at radius 2 is 1.71 bits per heavy atom. The summed E-state index contributed by atoms with van der Waals surface area (Å²) in [6.07, 6.45) is 1.74. The number of methoxy groups -OCH3 is 1. The molecule has 1 heterocycles. The topological polar surface area (TPSA) is 42.4 Å². The Hall–Kier alpha value is -1.87. The quantitative estimate of drug-likeness (QED) is 0.933. The van der Waals surface area contributed by atoms with Crippen molar-refractivity contribution in [3.05, 3.63) is 57.9 Å². The predicted molar refractivity (Wildman–Crippen MR) is 84.8 cm³/mol. The van der Waals surface area contributed by atoms with E-state index in [1.165, 1.54) is 0 Å². The maximum Gasteiger partial charge on any atom is 0.128 e. The molecule has 3 nitrogen and oxygen atoms in total. The van der Waals surface area contributed by atoms with Crippen molar-refractivity contribution in [2.75, 3.05) is 7.11 Å². The number of hydrogen-bond donors (Lipinski definition) is 1. The first-order valence-corrected chi connectivity index (χ1v) is 7.17. The summed E-state index contributed by atoms with van der Waals surface area (Å²) in [6.45, 7) is 8.05. The molecule has 0 spiro atoms. The lowest BCUT2D eigenvalue weighted by molar-refractivity contribution is 0.176. The van der Waals surface area contributed by atoms with Gasteiger partial charge in [0.2, 0.25) is 0 Å². The van der Waals surface area contributed by atoms with Gasteiger partial charge < -0.3 is 9.84 Å². The summed E-state index contributed by atoms with van der Waals surface area (Å²) in [4.78, 5) is 4.46. The molecule has 1 atom stereocenters. The van der Waals surface area contributed by atoms with Crippen LogP contribution in [0, 0.1) is 27.7 Å². The largest absolute Gasteiger partial charge is 0.496 e. The third-order valence-corrected chi connectivity index (χ3v) is 3.77. The van der Waals surface area contributed by atoms with E-state index in [4.69, 9.17) is 4.74 Å². The first kappa shape index (κ1) is 15.5. The molecule has 0 saturated heterocycles. The minimum atomic E-state index is -0.554. The van der Waals surface area contributed by atoms with Gasteiger partial charge in [-0.3, -0.25) is 4.98 Å². The van der Waals surface area contributed by atoms with Gasteiger partial charge in [0.1, 0.15) is 5.75 Å². The number of rotatable bonds is 4. The second-order valence-corrected chi connectivity index (χ2v) is 5.69. The SMILES string of the molecule is COc1c(C)cnc(CC(O)c2cc(C)cc(C)c2)c1C. The van der Waals surface area contributed by atoms with Crippen LogP contribution in [-0.4, -0.2) is 17.2 Å². The molecule has 2 rings (SSSR count). The lowest BCUT2D eigenvalue weighted by Crippen LogP contribution is -2.07. The molecule has 112 valence electrons. The second-order valence-electron chi connectivity index (χ2n) is 5.69. The molecule has 0 aliphatic carbocycles. The van der Waals surface area contributed by atoms with Gasteiger partial charge in [0.05, 0.1) is 13.2 Å². The minimum Gasteiger partial charge on any atom is -0.496 e. The lowest BCUT2D eigenvalue weighted by atomic mass is 9.98. The summed E-state index contributed by atoms with van der Waals surface area (Å²) < 4.78 is 5.42. The average molecular weight is 285 g/mol. The fraction of sp³-hybridized carbons (Fsp3) is 0.389. The number of nitrogens with zero attached hydrogens (tertiary/aromatic N) is 1. The Labute approximate surface area is 126 Å². The Balaban J connectivity index is 2.29. The zero-order chi connectivity index (χ0) is 15.6. The van der Waals surface area contributed by atoms with Crippen LogP contribution in [0.4, 0.5) is 0 Å². The number of pyridine rings is 1. The number of aliphatic hydroxyl groups is 1. The first-order chi connectivity index (χ1) is 9.92. The molecule has 1 unspecified atom stereocenters. The number of hydrogen-bond acceptors (Lipinski definition) is 3. The molecule has 0 fully saturated rings. The number of aromatic nitrogens is 1. The highest BCUT2D eigenvalue weighted by Crippen LogP contribution is 2.27. The fourth-order valence-electron chi connectivity index (χ4n) is 2.78. The Kier molecular flexibility index (Phi) is 4.63.